The molecule has 1 aliphatic heterocycles. The van der Waals surface area contributed by atoms with E-state index < -0.39 is 33.7 Å². The highest BCUT2D eigenvalue weighted by molar-refractivity contribution is 7.89. The van der Waals surface area contributed by atoms with Crippen LogP contribution in [-0.2, 0) is 46.7 Å². The zero-order valence-corrected chi connectivity index (χ0v) is 34.9. The second-order valence-electron chi connectivity index (χ2n) is 16.2. The molecule has 1 atom stereocenters. The van der Waals surface area contributed by atoms with Gasteiger partial charge < -0.3 is 24.8 Å². The molecule has 0 saturated carbocycles. The maximum absolute atomic E-state index is 13.6. The lowest BCUT2D eigenvalue weighted by Gasteiger charge is -2.31. The van der Waals surface area contributed by atoms with Gasteiger partial charge >= 0.3 is 12.1 Å². The van der Waals surface area contributed by atoms with Gasteiger partial charge in [0.2, 0.25) is 21.8 Å². The molecule has 14 nitrogen and oxygen atoms in total. The number of pyridine rings is 1. The number of fused-ring (bicyclic) bond motifs is 1. The van der Waals surface area contributed by atoms with Gasteiger partial charge in [0.25, 0.3) is 0 Å². The predicted octanol–water partition coefficient (Wildman–Crippen LogP) is 5.45. The van der Waals surface area contributed by atoms with Crippen LogP contribution in [-0.4, -0.2) is 82.3 Å². The quantitative estimate of drug-likeness (QED) is 0.130. The summed E-state index contributed by atoms with van der Waals surface area (Å²) in [6.07, 6.45) is 4.89. The molecule has 15 heteroatoms. The molecule has 0 fully saturated rings. The summed E-state index contributed by atoms with van der Waals surface area (Å²) >= 11 is 0. The average molecular weight is 788 g/mol. The number of aryl methyl sites for hydroxylation is 4. The molecule has 55 heavy (non-hydrogen) atoms. The summed E-state index contributed by atoms with van der Waals surface area (Å²) in [7, 11) is -3.10. The summed E-state index contributed by atoms with van der Waals surface area (Å²) in [5.74, 6) is -0.242. The summed E-state index contributed by atoms with van der Waals surface area (Å²) < 4.78 is 45.8. The Morgan fingerprint density at radius 1 is 0.927 bits per heavy atom. The van der Waals surface area contributed by atoms with E-state index in [4.69, 9.17) is 19.2 Å². The molecule has 0 saturated heterocycles. The monoisotopic (exact) mass is 787 g/mol. The van der Waals surface area contributed by atoms with Crippen LogP contribution in [0.2, 0.25) is 0 Å². The van der Waals surface area contributed by atoms with Crippen LogP contribution in [0.1, 0.15) is 109 Å². The number of esters is 1. The van der Waals surface area contributed by atoms with Gasteiger partial charge in [-0.15, -0.1) is 0 Å². The topological polar surface area (TPSA) is 182 Å². The highest BCUT2D eigenvalue weighted by Gasteiger charge is 2.30. The van der Waals surface area contributed by atoms with Crippen LogP contribution in [0.4, 0.5) is 10.6 Å². The molecule has 1 aliphatic rings. The molecule has 306 valence electrons. The molecule has 3 rings (SSSR count). The number of methoxy groups -OCH3 is 1. The lowest BCUT2D eigenvalue weighted by molar-refractivity contribution is -0.142. The number of rotatable bonds is 18. The van der Waals surface area contributed by atoms with Crippen LogP contribution in [0.15, 0.2) is 29.2 Å². The van der Waals surface area contributed by atoms with E-state index in [1.54, 1.807) is 30.9 Å². The van der Waals surface area contributed by atoms with Gasteiger partial charge in [-0.25, -0.2) is 18.2 Å². The number of benzene rings is 1. The molecule has 2 aromatic rings. The Bertz CT molecular complexity index is 1740. The second kappa shape index (κ2) is 20.1. The first-order valence-corrected chi connectivity index (χ1v) is 20.5. The molecule has 0 aliphatic carbocycles. The largest absolute Gasteiger partial charge is 0.494 e. The summed E-state index contributed by atoms with van der Waals surface area (Å²) in [5, 5.41) is 5.57. The highest BCUT2D eigenvalue weighted by atomic mass is 32.2. The second-order valence-corrected chi connectivity index (χ2v) is 17.9. The first-order chi connectivity index (χ1) is 25.7. The lowest BCUT2D eigenvalue weighted by atomic mass is 9.91. The smallest absolute Gasteiger partial charge is 0.416 e. The van der Waals surface area contributed by atoms with Gasteiger partial charge in [0, 0.05) is 38.2 Å². The summed E-state index contributed by atoms with van der Waals surface area (Å²) in [6, 6.07) is 5.64. The molecule has 0 radical (unpaired) electrons. The maximum Gasteiger partial charge on any atom is 0.416 e. The minimum absolute atomic E-state index is 0.0162. The molecule has 3 amide bonds. The number of hydrogen-bond acceptors (Lipinski definition) is 10. The van der Waals surface area contributed by atoms with Gasteiger partial charge in [0.15, 0.2) is 0 Å². The Hall–Kier alpha value is -4.24. The van der Waals surface area contributed by atoms with Crippen molar-refractivity contribution < 1.29 is 41.8 Å². The number of anilines is 1. The van der Waals surface area contributed by atoms with Gasteiger partial charge in [-0.1, -0.05) is 26.8 Å². The van der Waals surface area contributed by atoms with E-state index in [2.05, 4.69) is 36.1 Å². The van der Waals surface area contributed by atoms with E-state index in [1.165, 1.54) is 0 Å². The van der Waals surface area contributed by atoms with Crippen molar-refractivity contribution in [1.82, 2.24) is 20.3 Å². The van der Waals surface area contributed by atoms with Crippen LogP contribution in [0.5, 0.6) is 5.75 Å². The van der Waals surface area contributed by atoms with Crippen LogP contribution in [0.3, 0.4) is 0 Å². The van der Waals surface area contributed by atoms with Crippen molar-refractivity contribution in [3.8, 4) is 5.75 Å². The number of nitrogens with one attached hydrogen (secondary N) is 3. The van der Waals surface area contributed by atoms with E-state index in [1.807, 2.05) is 32.9 Å². The molecule has 0 spiro atoms. The third-order valence-corrected chi connectivity index (χ3v) is 10.6. The van der Waals surface area contributed by atoms with Crippen LogP contribution in [0.25, 0.3) is 0 Å². The van der Waals surface area contributed by atoms with E-state index in [0.717, 1.165) is 38.4 Å². The van der Waals surface area contributed by atoms with Gasteiger partial charge in [0.1, 0.15) is 23.2 Å². The normalized spacial score (nSPS) is 13.7. The summed E-state index contributed by atoms with van der Waals surface area (Å²) in [6.45, 7) is 16.3. The fourth-order valence-electron chi connectivity index (χ4n) is 6.18. The maximum atomic E-state index is 13.6. The number of amides is 3. The molecular formula is C40H61N5O9S. The van der Waals surface area contributed by atoms with Crippen molar-refractivity contribution in [1.29, 1.82) is 0 Å². The number of nitrogens with zero attached hydrogens (tertiary/aromatic N) is 2. The summed E-state index contributed by atoms with van der Waals surface area (Å²) in [5.41, 5.74) is 2.06. The van der Waals surface area contributed by atoms with Crippen LogP contribution in [0, 0.1) is 19.3 Å². The first kappa shape index (κ1) is 45.2. The standard InChI is InChI=1S/C40H61N5O9S/c1-27-24-31(53-23-12-17-33(46)41-21-13-20-39(3,4)5)25-28(2)35(27)55(50,51)44-32(37(48)52-9)26-42-34(47)16-10-15-30-19-18-29-14-11-22-45(36(29)43-30)38(49)54-40(6,7)8/h18-19,24-25,32,44H,10-17,20-23,26H2,1-9H3,(H,41,46)(H,42,47)/t32-/m0/s1. The first-order valence-electron chi connectivity index (χ1n) is 19.1. The van der Waals surface area contributed by atoms with Gasteiger partial charge in [-0.05, 0) is 120 Å². The molecule has 0 unspecified atom stereocenters. The predicted molar refractivity (Wildman–Crippen MR) is 211 cm³/mol. The van der Waals surface area contributed by atoms with E-state index in [0.29, 0.717) is 67.2 Å². The summed E-state index contributed by atoms with van der Waals surface area (Å²) in [4.78, 5) is 56.7. The minimum Gasteiger partial charge on any atom is -0.494 e. The Labute approximate surface area is 326 Å². The molecule has 1 aromatic carbocycles. The van der Waals surface area contributed by atoms with Crippen molar-refractivity contribution in [2.24, 2.45) is 5.41 Å². The third kappa shape index (κ3) is 15.1. The Kier molecular flexibility index (Phi) is 16.5. The zero-order valence-electron chi connectivity index (χ0n) is 34.1. The van der Waals surface area contributed by atoms with Crippen molar-refractivity contribution >= 4 is 39.7 Å². The van der Waals surface area contributed by atoms with Crippen LogP contribution >= 0.6 is 0 Å². The minimum atomic E-state index is -4.23. The van der Waals surface area contributed by atoms with E-state index >= 15 is 0 Å². The van der Waals surface area contributed by atoms with Crippen molar-refractivity contribution in [3.05, 3.63) is 46.6 Å². The number of ether oxygens (including phenoxy) is 3. The van der Waals surface area contributed by atoms with Crippen molar-refractivity contribution in [2.75, 3.05) is 38.3 Å². The fraction of sp³-hybridized carbons (Fsp3) is 0.625. The third-order valence-electron chi connectivity index (χ3n) is 8.78. The molecule has 0 bridgehead atoms. The molecule has 2 heterocycles. The fourth-order valence-corrected chi connectivity index (χ4v) is 7.82. The number of hydrogen-bond donors (Lipinski definition) is 3. The number of carbonyl (C=O) groups is 4. The lowest BCUT2D eigenvalue weighted by Crippen LogP contribution is -2.49. The molecule has 1 aromatic heterocycles. The zero-order chi connectivity index (χ0) is 41.0. The van der Waals surface area contributed by atoms with E-state index in [-0.39, 0.29) is 41.7 Å². The van der Waals surface area contributed by atoms with Gasteiger partial charge in [0.05, 0.1) is 18.6 Å². The highest BCUT2D eigenvalue weighted by Crippen LogP contribution is 2.28. The number of sulfonamides is 1. The Morgan fingerprint density at radius 3 is 2.22 bits per heavy atom. The Balaban J connectivity index is 1.52. The SMILES string of the molecule is COC(=O)[C@H](CNC(=O)CCCc1ccc2c(n1)N(C(=O)OC(C)(C)C)CCC2)NS(=O)(=O)c1c(C)cc(OCCCC(=O)NCCCC(C)(C)C)cc1C. The molecule has 3 N–H and O–H groups in total. The van der Waals surface area contributed by atoms with E-state index in [9.17, 15) is 27.6 Å². The van der Waals surface area contributed by atoms with Gasteiger partial charge in [-0.3, -0.25) is 19.3 Å². The average Bonchev–Trinajstić information content (AvgIpc) is 3.08. The number of aromatic nitrogens is 1. The van der Waals surface area contributed by atoms with Gasteiger partial charge in [-0.2, -0.15) is 4.72 Å². The Morgan fingerprint density at radius 2 is 1.58 bits per heavy atom. The van der Waals surface area contributed by atoms with Crippen LogP contribution < -0.4 is 25.0 Å². The number of carbonyl (C=O) groups excluding carboxylic acids is 4. The van der Waals surface area contributed by atoms with Crippen molar-refractivity contribution in [3.63, 3.8) is 0 Å². The molecular weight excluding hydrogens is 727 g/mol. The van der Waals surface area contributed by atoms with Crippen molar-refractivity contribution in [2.45, 2.75) is 130 Å².